The molecule has 90 valence electrons. The molecule has 0 radical (unpaired) electrons. The van der Waals surface area contributed by atoms with Crippen molar-refractivity contribution in [3.63, 3.8) is 0 Å². The second-order valence-electron chi connectivity index (χ2n) is 3.27. The molecule has 3 nitrogen and oxygen atoms in total. The Hall–Kier alpha value is -0.220. The van der Waals surface area contributed by atoms with Crippen molar-refractivity contribution in [2.75, 3.05) is 0 Å². The van der Waals surface area contributed by atoms with Crippen LogP contribution < -0.4 is 10.6 Å². The molecule has 0 fully saturated rings. The molecule has 0 aliphatic heterocycles. The zero-order chi connectivity index (χ0) is 12.1. The predicted octanol–water partition coefficient (Wildman–Crippen LogP) is 0.929. The summed E-state index contributed by atoms with van der Waals surface area (Å²) in [6.45, 7) is 0. The zero-order valence-corrected chi connectivity index (χ0v) is 10.7. The first-order valence-corrected chi connectivity index (χ1v) is 7.35. The van der Waals surface area contributed by atoms with Gasteiger partial charge in [-0.05, 0) is 0 Å². The third-order valence-electron chi connectivity index (χ3n) is 2.13. The summed E-state index contributed by atoms with van der Waals surface area (Å²) in [5.74, 6) is 0. The van der Waals surface area contributed by atoms with Gasteiger partial charge in [-0.3, -0.25) is 0 Å². The Balaban J connectivity index is 0.00000162. The summed E-state index contributed by atoms with van der Waals surface area (Å²) in [7, 11) is -4.14. The first kappa shape index (κ1) is 15.8. The molecule has 18 heavy (non-hydrogen) atoms. The minimum absolute atomic E-state index is 0. The first-order chi connectivity index (χ1) is 8.27. The first-order valence-electron chi connectivity index (χ1n) is 5.00. The van der Waals surface area contributed by atoms with Gasteiger partial charge in [0.25, 0.3) is 11.0 Å². The molecule has 2 aromatic rings. The number of rotatable bonds is 4. The standard InChI is InChI=1S/C12H11O3PS.Na.H/c13-17(14)15-16(11-7-3-1-4-8-11)12-9-5-2-6-10-12;;/h1-10,17H;;. The Morgan fingerprint density at radius 2 is 1.17 bits per heavy atom. The van der Waals surface area contributed by atoms with Crippen molar-refractivity contribution in [3.8, 4) is 0 Å². The molecule has 2 aromatic carbocycles. The van der Waals surface area contributed by atoms with Gasteiger partial charge < -0.3 is 0 Å². The van der Waals surface area contributed by atoms with Gasteiger partial charge in [0, 0.05) is 10.6 Å². The van der Waals surface area contributed by atoms with Gasteiger partial charge >= 0.3 is 29.6 Å². The Morgan fingerprint density at radius 1 is 0.778 bits per heavy atom. The Morgan fingerprint density at radius 3 is 1.50 bits per heavy atom. The monoisotopic (exact) mass is 290 g/mol. The summed E-state index contributed by atoms with van der Waals surface area (Å²) in [4.78, 5) is 0. The van der Waals surface area contributed by atoms with Crippen LogP contribution in [0.2, 0.25) is 0 Å². The van der Waals surface area contributed by atoms with Gasteiger partial charge in [-0.15, -0.1) is 0 Å². The third kappa shape index (κ3) is 4.47. The van der Waals surface area contributed by atoms with Crippen LogP contribution in [0.5, 0.6) is 0 Å². The second-order valence-corrected chi connectivity index (χ2v) is 5.99. The molecule has 0 aromatic heterocycles. The summed E-state index contributed by atoms with van der Waals surface area (Å²) < 4.78 is 26.6. The van der Waals surface area contributed by atoms with Crippen molar-refractivity contribution in [2.45, 2.75) is 0 Å². The molecule has 0 aliphatic rings. The van der Waals surface area contributed by atoms with Gasteiger partial charge in [-0.2, -0.15) is 0 Å². The van der Waals surface area contributed by atoms with E-state index in [1.807, 2.05) is 60.7 Å². The summed E-state index contributed by atoms with van der Waals surface area (Å²) in [6, 6.07) is 18.7. The van der Waals surface area contributed by atoms with E-state index in [1.54, 1.807) is 0 Å². The van der Waals surface area contributed by atoms with Crippen molar-refractivity contribution >= 4 is 59.3 Å². The van der Waals surface area contributed by atoms with E-state index in [-0.39, 0.29) is 29.6 Å². The van der Waals surface area contributed by atoms with Gasteiger partial charge in [-0.1, -0.05) is 60.7 Å². The molecule has 6 heteroatoms. The molecule has 0 unspecified atom stereocenters. The predicted molar refractivity (Wildman–Crippen MR) is 77.6 cm³/mol. The summed E-state index contributed by atoms with van der Waals surface area (Å²) >= 11 is 0. The van der Waals surface area contributed by atoms with Gasteiger partial charge in [0.15, 0.2) is 0 Å². The summed E-state index contributed by atoms with van der Waals surface area (Å²) in [5.41, 5.74) is 0. The van der Waals surface area contributed by atoms with E-state index in [4.69, 9.17) is 3.97 Å². The molecule has 0 aliphatic carbocycles. The van der Waals surface area contributed by atoms with Crippen molar-refractivity contribution in [1.82, 2.24) is 0 Å². The average molecular weight is 290 g/mol. The normalized spacial score (nSPS) is 10.3. The molecular weight excluding hydrogens is 278 g/mol. The van der Waals surface area contributed by atoms with E-state index in [0.29, 0.717) is 0 Å². The molecular formula is C12H12NaO3PS. The van der Waals surface area contributed by atoms with Gasteiger partial charge in [0.1, 0.15) is 8.15 Å². The fourth-order valence-electron chi connectivity index (χ4n) is 1.44. The average Bonchev–Trinajstić information content (AvgIpc) is 2.38. The number of thiol groups is 1. The van der Waals surface area contributed by atoms with Crippen molar-refractivity contribution in [3.05, 3.63) is 60.7 Å². The molecule has 0 bridgehead atoms. The van der Waals surface area contributed by atoms with E-state index >= 15 is 0 Å². The molecule has 0 saturated heterocycles. The topological polar surface area (TPSA) is 43.4 Å². The summed E-state index contributed by atoms with van der Waals surface area (Å²) in [5, 5.41) is 1.76. The van der Waals surface area contributed by atoms with Crippen molar-refractivity contribution < 1.29 is 12.4 Å². The van der Waals surface area contributed by atoms with Crippen LogP contribution in [0.4, 0.5) is 0 Å². The van der Waals surface area contributed by atoms with E-state index in [9.17, 15) is 8.42 Å². The minimum atomic E-state index is -2.86. The molecule has 0 amide bonds. The Labute approximate surface area is 131 Å². The third-order valence-corrected chi connectivity index (χ3v) is 4.85. The number of benzene rings is 2. The second kappa shape index (κ2) is 8.05. The van der Waals surface area contributed by atoms with Crippen LogP contribution in [0.25, 0.3) is 0 Å². The fourth-order valence-corrected chi connectivity index (χ4v) is 3.91. The van der Waals surface area contributed by atoms with Crippen LogP contribution >= 0.6 is 8.15 Å². The van der Waals surface area contributed by atoms with Gasteiger partial charge in [0.2, 0.25) is 0 Å². The van der Waals surface area contributed by atoms with Crippen LogP contribution in [0.1, 0.15) is 0 Å². The molecule has 2 rings (SSSR count). The SMILES string of the molecule is O=[SH](=O)OP(c1ccccc1)c1ccccc1.[NaH]. The van der Waals surface area contributed by atoms with Crippen LogP contribution in [0, 0.1) is 0 Å². The van der Waals surface area contributed by atoms with Crippen LogP contribution in [-0.4, -0.2) is 38.0 Å². The van der Waals surface area contributed by atoms with Crippen molar-refractivity contribution in [2.24, 2.45) is 0 Å². The zero-order valence-electron chi connectivity index (χ0n) is 8.89. The fraction of sp³-hybridized carbons (Fsp3) is 0. The molecule has 0 saturated carbocycles. The van der Waals surface area contributed by atoms with E-state index in [1.165, 1.54) is 0 Å². The van der Waals surface area contributed by atoms with E-state index < -0.39 is 19.1 Å². The molecule has 0 atom stereocenters. The summed E-state index contributed by atoms with van der Waals surface area (Å²) in [6.07, 6.45) is 0. The van der Waals surface area contributed by atoms with Gasteiger partial charge in [0.05, 0.1) is 0 Å². The van der Waals surface area contributed by atoms with E-state index in [0.717, 1.165) is 10.6 Å². The van der Waals surface area contributed by atoms with Crippen LogP contribution in [0.3, 0.4) is 0 Å². The van der Waals surface area contributed by atoms with Crippen LogP contribution in [0.15, 0.2) is 60.7 Å². The Bertz CT molecular complexity index is 498. The molecule has 0 heterocycles. The van der Waals surface area contributed by atoms with Gasteiger partial charge in [-0.25, -0.2) is 12.4 Å². The van der Waals surface area contributed by atoms with Crippen LogP contribution in [-0.2, 0) is 15.0 Å². The Kier molecular flexibility index (Phi) is 7.08. The maximum atomic E-state index is 10.8. The molecule has 0 spiro atoms. The molecule has 0 N–H and O–H groups in total. The quantitative estimate of drug-likeness (QED) is 0.517. The van der Waals surface area contributed by atoms with Crippen molar-refractivity contribution in [1.29, 1.82) is 0 Å². The number of hydrogen-bond donors (Lipinski definition) is 1. The maximum absolute atomic E-state index is 10.8. The van der Waals surface area contributed by atoms with E-state index in [2.05, 4.69) is 0 Å². The number of hydrogen-bond acceptors (Lipinski definition) is 3.